The molecule has 0 aliphatic rings. The van der Waals surface area contributed by atoms with Crippen molar-refractivity contribution in [2.24, 2.45) is 0 Å². The molecule has 0 spiro atoms. The zero-order valence-corrected chi connectivity index (χ0v) is 13.5. The minimum absolute atomic E-state index is 0.230. The number of hydrogen-bond donors (Lipinski definition) is 1. The van der Waals surface area contributed by atoms with Gasteiger partial charge < -0.3 is 10.1 Å². The van der Waals surface area contributed by atoms with Crippen LogP contribution >= 0.6 is 11.3 Å². The van der Waals surface area contributed by atoms with Gasteiger partial charge in [0.05, 0.1) is 25.0 Å². The first-order valence-electron chi connectivity index (χ1n) is 6.83. The normalized spacial score (nSPS) is 11.8. The number of hydrogen-bond acceptors (Lipinski definition) is 4. The Bertz CT molecular complexity index is 539. The molecule has 20 heavy (non-hydrogen) atoms. The lowest BCUT2D eigenvalue weighted by molar-refractivity contribution is 0.183. The summed E-state index contributed by atoms with van der Waals surface area (Å²) in [6, 6.07) is 4.43. The summed E-state index contributed by atoms with van der Waals surface area (Å²) in [4.78, 5) is 2.77. The fraction of sp³-hybridized carbons (Fsp3) is 0.533. The van der Waals surface area contributed by atoms with Gasteiger partial charge in [0.25, 0.3) is 0 Å². The van der Waals surface area contributed by atoms with E-state index in [1.165, 1.54) is 9.75 Å². The summed E-state index contributed by atoms with van der Waals surface area (Å²) in [5.74, 6) is 0. The topological polar surface area (TPSA) is 39.1 Å². The van der Waals surface area contributed by atoms with Gasteiger partial charge in [0, 0.05) is 29.6 Å². The molecule has 4 nitrogen and oxygen atoms in total. The fourth-order valence-corrected chi connectivity index (χ4v) is 2.83. The molecule has 0 aliphatic carbocycles. The molecule has 0 unspecified atom stereocenters. The number of aromatic nitrogens is 2. The smallest absolute Gasteiger partial charge is 0.0729 e. The van der Waals surface area contributed by atoms with Crippen LogP contribution in [-0.2, 0) is 23.2 Å². The Kier molecular flexibility index (Phi) is 4.83. The molecule has 0 radical (unpaired) electrons. The molecule has 0 saturated carbocycles. The van der Waals surface area contributed by atoms with Crippen molar-refractivity contribution in [1.29, 1.82) is 0 Å². The van der Waals surface area contributed by atoms with Crippen LogP contribution in [0.4, 0.5) is 5.69 Å². The van der Waals surface area contributed by atoms with Crippen LogP contribution in [0.15, 0.2) is 24.5 Å². The number of anilines is 1. The summed E-state index contributed by atoms with van der Waals surface area (Å²) in [7, 11) is 1.70. The molecule has 2 rings (SSSR count). The third-order valence-electron chi connectivity index (χ3n) is 3.03. The maximum Gasteiger partial charge on any atom is 0.0729 e. The van der Waals surface area contributed by atoms with E-state index in [9.17, 15) is 0 Å². The molecule has 0 aliphatic heterocycles. The van der Waals surface area contributed by atoms with Crippen LogP contribution in [0.5, 0.6) is 0 Å². The van der Waals surface area contributed by atoms with Crippen molar-refractivity contribution in [3.8, 4) is 0 Å². The van der Waals surface area contributed by atoms with Gasteiger partial charge in [-0.3, -0.25) is 4.68 Å². The highest BCUT2D eigenvalue weighted by Crippen LogP contribution is 2.29. The molecule has 0 bridgehead atoms. The lowest BCUT2D eigenvalue weighted by atomic mass is 9.95. The van der Waals surface area contributed by atoms with Crippen LogP contribution in [0.25, 0.3) is 0 Å². The Labute approximate surface area is 124 Å². The van der Waals surface area contributed by atoms with E-state index in [0.717, 1.165) is 18.8 Å². The van der Waals surface area contributed by atoms with E-state index in [0.29, 0.717) is 6.61 Å². The number of nitrogens with one attached hydrogen (secondary N) is 1. The van der Waals surface area contributed by atoms with E-state index in [1.807, 2.05) is 28.4 Å². The van der Waals surface area contributed by atoms with Crippen LogP contribution in [0.1, 0.15) is 30.5 Å². The molecule has 0 aromatic carbocycles. The molecule has 1 N–H and O–H groups in total. The van der Waals surface area contributed by atoms with E-state index in [1.54, 1.807) is 7.11 Å². The average molecular weight is 293 g/mol. The summed E-state index contributed by atoms with van der Waals surface area (Å²) >= 11 is 1.87. The SMILES string of the molecule is COCCn1cc(NCc2ccc(C(C)(C)C)s2)cn1. The van der Waals surface area contributed by atoms with Gasteiger partial charge in [-0.2, -0.15) is 5.10 Å². The van der Waals surface area contributed by atoms with Crippen molar-refractivity contribution in [3.63, 3.8) is 0 Å². The quantitative estimate of drug-likeness (QED) is 0.886. The maximum atomic E-state index is 5.04. The van der Waals surface area contributed by atoms with Crippen molar-refractivity contribution in [2.75, 3.05) is 19.0 Å². The van der Waals surface area contributed by atoms with E-state index < -0.39 is 0 Å². The molecule has 0 atom stereocenters. The average Bonchev–Trinajstić information content (AvgIpc) is 3.02. The van der Waals surface area contributed by atoms with E-state index >= 15 is 0 Å². The molecule has 2 heterocycles. The highest BCUT2D eigenvalue weighted by Gasteiger charge is 2.15. The largest absolute Gasteiger partial charge is 0.383 e. The van der Waals surface area contributed by atoms with Crippen LogP contribution < -0.4 is 5.32 Å². The van der Waals surface area contributed by atoms with Crippen LogP contribution in [-0.4, -0.2) is 23.5 Å². The Balaban J connectivity index is 1.88. The standard InChI is InChI=1S/C15H23N3OS/c1-15(2,3)14-6-5-13(20-14)10-16-12-9-17-18(11-12)7-8-19-4/h5-6,9,11,16H,7-8,10H2,1-4H3. The Morgan fingerprint density at radius 3 is 2.80 bits per heavy atom. The zero-order chi connectivity index (χ0) is 14.6. The van der Waals surface area contributed by atoms with E-state index in [-0.39, 0.29) is 5.41 Å². The highest BCUT2D eigenvalue weighted by atomic mass is 32.1. The molecular formula is C15H23N3OS. The van der Waals surface area contributed by atoms with Crippen LogP contribution in [0.2, 0.25) is 0 Å². The van der Waals surface area contributed by atoms with Gasteiger partial charge in [0.1, 0.15) is 0 Å². The third kappa shape index (κ3) is 4.08. The molecular weight excluding hydrogens is 270 g/mol. The molecule has 0 fully saturated rings. The first kappa shape index (κ1) is 15.1. The predicted molar refractivity (Wildman–Crippen MR) is 84.4 cm³/mol. The van der Waals surface area contributed by atoms with Gasteiger partial charge in [-0.15, -0.1) is 11.3 Å². The minimum Gasteiger partial charge on any atom is -0.383 e. The third-order valence-corrected chi connectivity index (χ3v) is 4.54. The first-order chi connectivity index (χ1) is 9.49. The van der Waals surface area contributed by atoms with Gasteiger partial charge in [-0.1, -0.05) is 20.8 Å². The number of ether oxygens (including phenoxy) is 1. The summed E-state index contributed by atoms with van der Waals surface area (Å²) in [5.41, 5.74) is 1.28. The van der Waals surface area contributed by atoms with Crippen molar-refractivity contribution in [2.45, 2.75) is 39.3 Å². The molecule has 110 valence electrons. The molecule has 5 heteroatoms. The molecule has 2 aromatic heterocycles. The Hall–Kier alpha value is -1.33. The summed E-state index contributed by atoms with van der Waals surface area (Å²) < 4.78 is 6.93. The molecule has 0 saturated heterocycles. The second kappa shape index (κ2) is 6.41. The van der Waals surface area contributed by atoms with Gasteiger partial charge in [0.15, 0.2) is 0 Å². The fourth-order valence-electron chi connectivity index (χ4n) is 1.83. The number of thiophene rings is 1. The number of nitrogens with zero attached hydrogens (tertiary/aromatic N) is 2. The monoisotopic (exact) mass is 293 g/mol. The van der Waals surface area contributed by atoms with Gasteiger partial charge in [-0.05, 0) is 17.5 Å². The van der Waals surface area contributed by atoms with Crippen molar-refractivity contribution < 1.29 is 4.74 Å². The summed E-state index contributed by atoms with van der Waals surface area (Å²) in [6.07, 6.45) is 3.87. The Morgan fingerprint density at radius 1 is 1.35 bits per heavy atom. The second-order valence-corrected chi connectivity index (χ2v) is 7.02. The predicted octanol–water partition coefficient (Wildman–Crippen LogP) is 3.50. The van der Waals surface area contributed by atoms with Crippen molar-refractivity contribution >= 4 is 17.0 Å². The Morgan fingerprint density at radius 2 is 2.15 bits per heavy atom. The molecule has 0 amide bonds. The van der Waals surface area contributed by atoms with Gasteiger partial charge in [-0.25, -0.2) is 0 Å². The van der Waals surface area contributed by atoms with Crippen LogP contribution in [0, 0.1) is 0 Å². The highest BCUT2D eigenvalue weighted by molar-refractivity contribution is 7.12. The number of methoxy groups -OCH3 is 1. The first-order valence-corrected chi connectivity index (χ1v) is 7.65. The van der Waals surface area contributed by atoms with E-state index in [4.69, 9.17) is 4.74 Å². The number of rotatable bonds is 6. The van der Waals surface area contributed by atoms with Gasteiger partial charge in [0.2, 0.25) is 0 Å². The minimum atomic E-state index is 0.230. The lowest BCUT2D eigenvalue weighted by Crippen LogP contribution is -2.07. The zero-order valence-electron chi connectivity index (χ0n) is 12.6. The summed E-state index contributed by atoms with van der Waals surface area (Å²) in [5, 5.41) is 7.70. The van der Waals surface area contributed by atoms with Crippen molar-refractivity contribution in [1.82, 2.24) is 9.78 Å². The van der Waals surface area contributed by atoms with Gasteiger partial charge >= 0.3 is 0 Å². The maximum absolute atomic E-state index is 5.04. The summed E-state index contributed by atoms with van der Waals surface area (Å²) in [6.45, 7) is 9.05. The van der Waals surface area contributed by atoms with Crippen LogP contribution in [0.3, 0.4) is 0 Å². The van der Waals surface area contributed by atoms with Crippen molar-refractivity contribution in [3.05, 3.63) is 34.3 Å². The molecule has 2 aromatic rings. The lowest BCUT2D eigenvalue weighted by Gasteiger charge is -2.15. The second-order valence-electron chi connectivity index (χ2n) is 5.85. The van der Waals surface area contributed by atoms with E-state index in [2.05, 4.69) is 43.3 Å².